The molecule has 21 heavy (non-hydrogen) atoms. The molecule has 1 unspecified atom stereocenters. The van der Waals surface area contributed by atoms with E-state index in [4.69, 9.17) is 27.9 Å². The van der Waals surface area contributed by atoms with Crippen LogP contribution in [-0.4, -0.2) is 55.4 Å². The molecule has 0 aliphatic heterocycles. The predicted octanol–water partition coefficient (Wildman–Crippen LogP) is 2.42. The molecular formula is C15H22Cl2N2O2. The minimum absolute atomic E-state index is 0.186. The Hall–Kier alpha value is -0.520. The van der Waals surface area contributed by atoms with E-state index < -0.39 is 6.10 Å². The van der Waals surface area contributed by atoms with E-state index in [-0.39, 0.29) is 6.61 Å². The molecule has 1 aliphatic carbocycles. The van der Waals surface area contributed by atoms with E-state index in [1.165, 1.54) is 12.8 Å². The number of benzene rings is 1. The maximum absolute atomic E-state index is 9.88. The molecule has 1 fully saturated rings. The summed E-state index contributed by atoms with van der Waals surface area (Å²) >= 11 is 11.9. The number of rotatable bonds is 9. The summed E-state index contributed by atoms with van der Waals surface area (Å²) in [7, 11) is 2.14. The molecule has 6 heteroatoms. The standard InChI is InChI=1S/C15H22Cl2N2O2/c1-19(12-3-4-12)7-6-18-9-13(20)10-21-15-8-11(16)2-5-14(15)17/h2,5,8,12-13,18,20H,3-4,6-7,9-10H2,1H3. The van der Waals surface area contributed by atoms with Crippen LogP contribution in [0.3, 0.4) is 0 Å². The molecule has 0 spiro atoms. The van der Waals surface area contributed by atoms with Gasteiger partial charge in [0.2, 0.25) is 0 Å². The SMILES string of the molecule is CN(CCNCC(O)COc1cc(Cl)ccc1Cl)C1CC1. The van der Waals surface area contributed by atoms with Crippen molar-refractivity contribution in [2.24, 2.45) is 0 Å². The lowest BCUT2D eigenvalue weighted by atomic mass is 10.3. The van der Waals surface area contributed by atoms with Gasteiger partial charge >= 0.3 is 0 Å². The molecule has 1 saturated carbocycles. The van der Waals surface area contributed by atoms with E-state index >= 15 is 0 Å². The number of ether oxygens (including phenoxy) is 1. The van der Waals surface area contributed by atoms with Gasteiger partial charge in [0.1, 0.15) is 18.5 Å². The maximum Gasteiger partial charge on any atom is 0.139 e. The lowest BCUT2D eigenvalue weighted by Gasteiger charge is -2.17. The van der Waals surface area contributed by atoms with Crippen LogP contribution in [0.15, 0.2) is 18.2 Å². The van der Waals surface area contributed by atoms with Crippen LogP contribution >= 0.6 is 23.2 Å². The van der Waals surface area contributed by atoms with Crippen molar-refractivity contribution in [3.63, 3.8) is 0 Å². The van der Waals surface area contributed by atoms with Crippen LogP contribution in [0, 0.1) is 0 Å². The third-order valence-corrected chi connectivity index (χ3v) is 4.06. The number of aliphatic hydroxyl groups is 1. The first-order chi connectivity index (χ1) is 10.1. The van der Waals surface area contributed by atoms with E-state index in [0.29, 0.717) is 22.3 Å². The molecule has 0 aromatic heterocycles. The quantitative estimate of drug-likeness (QED) is 0.682. The van der Waals surface area contributed by atoms with Gasteiger partial charge in [0.05, 0.1) is 5.02 Å². The summed E-state index contributed by atoms with van der Waals surface area (Å²) in [5.74, 6) is 0.497. The van der Waals surface area contributed by atoms with Gasteiger partial charge in [-0.3, -0.25) is 0 Å². The zero-order valence-corrected chi connectivity index (χ0v) is 13.7. The maximum atomic E-state index is 9.88. The fraction of sp³-hybridized carbons (Fsp3) is 0.600. The number of nitrogens with zero attached hydrogens (tertiary/aromatic N) is 1. The van der Waals surface area contributed by atoms with E-state index in [1.807, 2.05) is 0 Å². The third-order valence-electron chi connectivity index (χ3n) is 3.52. The predicted molar refractivity (Wildman–Crippen MR) is 86.5 cm³/mol. The smallest absolute Gasteiger partial charge is 0.139 e. The van der Waals surface area contributed by atoms with Crippen molar-refractivity contribution < 1.29 is 9.84 Å². The number of likely N-dealkylation sites (N-methyl/N-ethyl adjacent to an activating group) is 1. The largest absolute Gasteiger partial charge is 0.489 e. The summed E-state index contributed by atoms with van der Waals surface area (Å²) < 4.78 is 5.49. The Morgan fingerprint density at radius 3 is 2.90 bits per heavy atom. The van der Waals surface area contributed by atoms with Crippen molar-refractivity contribution >= 4 is 23.2 Å². The molecule has 0 heterocycles. The summed E-state index contributed by atoms with van der Waals surface area (Å²) in [4.78, 5) is 2.35. The molecule has 1 atom stereocenters. The Kier molecular flexibility index (Phi) is 6.58. The lowest BCUT2D eigenvalue weighted by Crippen LogP contribution is -2.36. The van der Waals surface area contributed by atoms with Crippen molar-refractivity contribution in [3.8, 4) is 5.75 Å². The number of nitrogens with one attached hydrogen (secondary N) is 1. The van der Waals surface area contributed by atoms with Crippen molar-refractivity contribution in [1.29, 1.82) is 0 Å². The summed E-state index contributed by atoms with van der Waals surface area (Å²) in [6.45, 7) is 2.54. The molecule has 4 nitrogen and oxygen atoms in total. The third kappa shape index (κ3) is 6.01. The number of aliphatic hydroxyl groups excluding tert-OH is 1. The van der Waals surface area contributed by atoms with Crippen LogP contribution in [0.4, 0.5) is 0 Å². The summed E-state index contributed by atoms with van der Waals surface area (Å²) in [6, 6.07) is 5.79. The van der Waals surface area contributed by atoms with Gasteiger partial charge < -0.3 is 20.1 Å². The van der Waals surface area contributed by atoms with E-state index in [9.17, 15) is 5.11 Å². The summed E-state index contributed by atoms with van der Waals surface area (Å²) in [5, 5.41) is 14.2. The monoisotopic (exact) mass is 332 g/mol. The Balaban J connectivity index is 1.60. The van der Waals surface area contributed by atoms with Crippen LogP contribution in [0.1, 0.15) is 12.8 Å². The van der Waals surface area contributed by atoms with Crippen molar-refractivity contribution in [2.75, 3.05) is 33.3 Å². The van der Waals surface area contributed by atoms with E-state index in [0.717, 1.165) is 19.1 Å². The second kappa shape index (κ2) is 8.20. The van der Waals surface area contributed by atoms with Crippen LogP contribution in [0.25, 0.3) is 0 Å². The van der Waals surface area contributed by atoms with Gasteiger partial charge in [-0.2, -0.15) is 0 Å². The second-order valence-corrected chi connectivity index (χ2v) is 6.30. The van der Waals surface area contributed by atoms with Crippen molar-refractivity contribution in [3.05, 3.63) is 28.2 Å². The fourth-order valence-electron chi connectivity index (χ4n) is 2.05. The van der Waals surface area contributed by atoms with Crippen LogP contribution in [-0.2, 0) is 0 Å². The van der Waals surface area contributed by atoms with E-state index in [1.54, 1.807) is 18.2 Å². The molecular weight excluding hydrogens is 311 g/mol. The Bertz CT molecular complexity index is 455. The molecule has 1 aliphatic rings. The number of hydrogen-bond acceptors (Lipinski definition) is 4. The average Bonchev–Trinajstić information content (AvgIpc) is 3.29. The van der Waals surface area contributed by atoms with Gasteiger partial charge in [0, 0.05) is 36.8 Å². The van der Waals surface area contributed by atoms with Gasteiger partial charge in [-0.15, -0.1) is 0 Å². The van der Waals surface area contributed by atoms with Crippen molar-refractivity contribution in [2.45, 2.75) is 25.0 Å². The van der Waals surface area contributed by atoms with Crippen LogP contribution in [0.2, 0.25) is 10.0 Å². The zero-order chi connectivity index (χ0) is 15.2. The minimum atomic E-state index is -0.578. The number of hydrogen-bond donors (Lipinski definition) is 2. The van der Waals surface area contributed by atoms with Crippen LogP contribution in [0.5, 0.6) is 5.75 Å². The van der Waals surface area contributed by atoms with Crippen molar-refractivity contribution in [1.82, 2.24) is 10.2 Å². The molecule has 0 saturated heterocycles. The van der Waals surface area contributed by atoms with Gasteiger partial charge in [-0.1, -0.05) is 23.2 Å². The first-order valence-electron chi connectivity index (χ1n) is 7.23. The highest BCUT2D eigenvalue weighted by Gasteiger charge is 2.25. The number of halogens is 2. The second-order valence-electron chi connectivity index (χ2n) is 5.46. The average molecular weight is 333 g/mol. The highest BCUT2D eigenvalue weighted by atomic mass is 35.5. The van der Waals surface area contributed by atoms with Crippen LogP contribution < -0.4 is 10.1 Å². The Morgan fingerprint density at radius 1 is 1.43 bits per heavy atom. The van der Waals surface area contributed by atoms with Gasteiger partial charge in [0.25, 0.3) is 0 Å². The molecule has 2 N–H and O–H groups in total. The van der Waals surface area contributed by atoms with Gasteiger partial charge in [-0.25, -0.2) is 0 Å². The normalized spacial score (nSPS) is 16.2. The summed E-state index contributed by atoms with van der Waals surface area (Å²) in [5.41, 5.74) is 0. The molecule has 0 radical (unpaired) electrons. The first kappa shape index (κ1) is 16.8. The highest BCUT2D eigenvalue weighted by molar-refractivity contribution is 6.34. The lowest BCUT2D eigenvalue weighted by molar-refractivity contribution is 0.106. The van der Waals surface area contributed by atoms with Gasteiger partial charge in [-0.05, 0) is 32.0 Å². The Morgan fingerprint density at radius 2 is 2.19 bits per heavy atom. The summed E-state index contributed by atoms with van der Waals surface area (Å²) in [6.07, 6.45) is 2.05. The molecule has 2 rings (SSSR count). The molecule has 1 aromatic carbocycles. The Labute approximate surface area is 136 Å². The van der Waals surface area contributed by atoms with Gasteiger partial charge in [0.15, 0.2) is 0 Å². The molecule has 0 bridgehead atoms. The molecule has 0 amide bonds. The molecule has 1 aromatic rings. The zero-order valence-electron chi connectivity index (χ0n) is 12.2. The topological polar surface area (TPSA) is 44.7 Å². The minimum Gasteiger partial charge on any atom is -0.489 e. The van der Waals surface area contributed by atoms with E-state index in [2.05, 4.69) is 17.3 Å². The first-order valence-corrected chi connectivity index (χ1v) is 7.98. The molecule has 118 valence electrons. The highest BCUT2D eigenvalue weighted by Crippen LogP contribution is 2.27. The fourth-order valence-corrected chi connectivity index (χ4v) is 2.39.